The zero-order valence-electron chi connectivity index (χ0n) is 11.0. The SMILES string of the molecule is CCOC(C)CNc1cc(C(=O)OC)ccc1N. The monoisotopic (exact) mass is 252 g/mol. The first kappa shape index (κ1) is 14.3. The zero-order valence-corrected chi connectivity index (χ0v) is 11.0. The number of nitrogens with one attached hydrogen (secondary N) is 1. The summed E-state index contributed by atoms with van der Waals surface area (Å²) in [6.45, 7) is 5.21. The molecule has 0 bridgehead atoms. The molecule has 0 saturated heterocycles. The van der Waals surface area contributed by atoms with Crippen LogP contribution in [-0.2, 0) is 9.47 Å². The molecule has 0 spiro atoms. The zero-order chi connectivity index (χ0) is 13.5. The molecule has 3 N–H and O–H groups in total. The minimum Gasteiger partial charge on any atom is -0.465 e. The molecule has 1 aromatic rings. The average Bonchev–Trinajstić information content (AvgIpc) is 2.37. The molecule has 0 aliphatic carbocycles. The Morgan fingerprint density at radius 2 is 2.22 bits per heavy atom. The minimum atomic E-state index is -0.379. The van der Waals surface area contributed by atoms with E-state index in [1.54, 1.807) is 18.2 Å². The van der Waals surface area contributed by atoms with E-state index in [2.05, 4.69) is 10.1 Å². The minimum absolute atomic E-state index is 0.0798. The number of nitrogen functional groups attached to an aromatic ring is 1. The van der Waals surface area contributed by atoms with Gasteiger partial charge in [-0.1, -0.05) is 0 Å². The topological polar surface area (TPSA) is 73.6 Å². The maximum Gasteiger partial charge on any atom is 0.337 e. The van der Waals surface area contributed by atoms with Crippen LogP contribution in [0.5, 0.6) is 0 Å². The standard InChI is InChI=1S/C13H20N2O3/c1-4-18-9(2)8-15-12-7-10(13(16)17-3)5-6-11(12)14/h5-7,9,15H,4,8,14H2,1-3H3. The second-order valence-electron chi connectivity index (χ2n) is 3.94. The maximum absolute atomic E-state index is 11.4. The summed E-state index contributed by atoms with van der Waals surface area (Å²) in [5, 5.41) is 3.16. The Kier molecular flexibility index (Phi) is 5.45. The quantitative estimate of drug-likeness (QED) is 0.597. The van der Waals surface area contributed by atoms with E-state index in [1.807, 2.05) is 13.8 Å². The summed E-state index contributed by atoms with van der Waals surface area (Å²) in [6.07, 6.45) is 0.0798. The van der Waals surface area contributed by atoms with Crippen LogP contribution in [0.1, 0.15) is 24.2 Å². The van der Waals surface area contributed by atoms with Crippen molar-refractivity contribution in [3.05, 3.63) is 23.8 Å². The number of benzene rings is 1. The van der Waals surface area contributed by atoms with Gasteiger partial charge in [0.2, 0.25) is 0 Å². The van der Waals surface area contributed by atoms with Crippen molar-refractivity contribution in [1.29, 1.82) is 0 Å². The van der Waals surface area contributed by atoms with E-state index in [9.17, 15) is 4.79 Å². The van der Waals surface area contributed by atoms with Crippen molar-refractivity contribution >= 4 is 17.3 Å². The van der Waals surface area contributed by atoms with Gasteiger partial charge in [-0.25, -0.2) is 4.79 Å². The Hall–Kier alpha value is -1.75. The number of hydrogen-bond donors (Lipinski definition) is 2. The first-order chi connectivity index (χ1) is 8.58. The van der Waals surface area contributed by atoms with Crippen LogP contribution >= 0.6 is 0 Å². The molecule has 100 valence electrons. The third kappa shape index (κ3) is 3.92. The first-order valence-electron chi connectivity index (χ1n) is 5.91. The molecule has 0 heterocycles. The summed E-state index contributed by atoms with van der Waals surface area (Å²) in [4.78, 5) is 11.4. The Labute approximate surface area is 107 Å². The van der Waals surface area contributed by atoms with Crippen LogP contribution in [0.3, 0.4) is 0 Å². The van der Waals surface area contributed by atoms with Gasteiger partial charge in [-0.2, -0.15) is 0 Å². The molecule has 5 heteroatoms. The van der Waals surface area contributed by atoms with Gasteiger partial charge in [0.25, 0.3) is 0 Å². The van der Waals surface area contributed by atoms with Crippen molar-refractivity contribution in [2.45, 2.75) is 20.0 Å². The van der Waals surface area contributed by atoms with Gasteiger partial charge < -0.3 is 20.5 Å². The first-order valence-corrected chi connectivity index (χ1v) is 5.91. The van der Waals surface area contributed by atoms with Crippen molar-refractivity contribution in [3.8, 4) is 0 Å². The van der Waals surface area contributed by atoms with E-state index >= 15 is 0 Å². The summed E-state index contributed by atoms with van der Waals surface area (Å²) in [7, 11) is 1.35. The molecule has 0 aliphatic rings. The van der Waals surface area contributed by atoms with Gasteiger partial charge in [0.1, 0.15) is 0 Å². The molecule has 1 rings (SSSR count). The van der Waals surface area contributed by atoms with Crippen LogP contribution in [0.2, 0.25) is 0 Å². The van der Waals surface area contributed by atoms with E-state index in [0.29, 0.717) is 30.1 Å². The third-order valence-corrected chi connectivity index (χ3v) is 2.51. The second kappa shape index (κ2) is 6.86. The van der Waals surface area contributed by atoms with Crippen LogP contribution in [0.15, 0.2) is 18.2 Å². The van der Waals surface area contributed by atoms with Gasteiger partial charge in [0.15, 0.2) is 0 Å². The summed E-state index contributed by atoms with van der Waals surface area (Å²) >= 11 is 0. The Balaban J connectivity index is 2.72. The van der Waals surface area contributed by atoms with Gasteiger partial charge in [-0.05, 0) is 32.0 Å². The lowest BCUT2D eigenvalue weighted by molar-refractivity contribution is 0.0601. The van der Waals surface area contributed by atoms with E-state index in [4.69, 9.17) is 10.5 Å². The molecular formula is C13H20N2O3. The lowest BCUT2D eigenvalue weighted by atomic mass is 10.1. The highest BCUT2D eigenvalue weighted by Gasteiger charge is 2.09. The van der Waals surface area contributed by atoms with Crippen molar-refractivity contribution in [2.24, 2.45) is 0 Å². The molecular weight excluding hydrogens is 232 g/mol. The van der Waals surface area contributed by atoms with E-state index in [1.165, 1.54) is 7.11 Å². The fourth-order valence-corrected chi connectivity index (χ4v) is 1.55. The number of carbonyl (C=O) groups is 1. The van der Waals surface area contributed by atoms with Crippen LogP contribution < -0.4 is 11.1 Å². The lowest BCUT2D eigenvalue weighted by Gasteiger charge is -2.15. The highest BCUT2D eigenvalue weighted by atomic mass is 16.5. The highest BCUT2D eigenvalue weighted by molar-refractivity contribution is 5.91. The molecule has 1 unspecified atom stereocenters. The predicted molar refractivity (Wildman–Crippen MR) is 71.8 cm³/mol. The van der Waals surface area contributed by atoms with Crippen molar-refractivity contribution < 1.29 is 14.3 Å². The van der Waals surface area contributed by atoms with Crippen LogP contribution in [0.4, 0.5) is 11.4 Å². The molecule has 0 fully saturated rings. The van der Waals surface area contributed by atoms with Crippen molar-refractivity contribution in [3.63, 3.8) is 0 Å². The number of nitrogens with two attached hydrogens (primary N) is 1. The lowest BCUT2D eigenvalue weighted by Crippen LogP contribution is -2.20. The number of hydrogen-bond acceptors (Lipinski definition) is 5. The summed E-state index contributed by atoms with van der Waals surface area (Å²) in [5.74, 6) is -0.379. The van der Waals surface area contributed by atoms with Gasteiger partial charge in [0, 0.05) is 13.2 Å². The van der Waals surface area contributed by atoms with Gasteiger partial charge in [-0.15, -0.1) is 0 Å². The molecule has 0 aliphatic heterocycles. The number of esters is 1. The van der Waals surface area contributed by atoms with Gasteiger partial charge in [-0.3, -0.25) is 0 Å². The van der Waals surface area contributed by atoms with E-state index < -0.39 is 0 Å². The van der Waals surface area contributed by atoms with Crippen molar-refractivity contribution in [2.75, 3.05) is 31.3 Å². The molecule has 0 radical (unpaired) electrons. The summed E-state index contributed by atoms with van der Waals surface area (Å²) in [6, 6.07) is 5.00. The smallest absolute Gasteiger partial charge is 0.337 e. The van der Waals surface area contributed by atoms with Gasteiger partial charge in [0.05, 0.1) is 30.2 Å². The number of ether oxygens (including phenoxy) is 2. The average molecular weight is 252 g/mol. The molecule has 1 atom stereocenters. The fourth-order valence-electron chi connectivity index (χ4n) is 1.55. The third-order valence-electron chi connectivity index (χ3n) is 2.51. The van der Waals surface area contributed by atoms with Crippen molar-refractivity contribution in [1.82, 2.24) is 0 Å². The Morgan fingerprint density at radius 1 is 1.50 bits per heavy atom. The second-order valence-corrected chi connectivity index (χ2v) is 3.94. The van der Waals surface area contributed by atoms with Crippen LogP contribution in [-0.4, -0.2) is 32.3 Å². The van der Waals surface area contributed by atoms with E-state index in [-0.39, 0.29) is 12.1 Å². The number of anilines is 2. The maximum atomic E-state index is 11.4. The summed E-state index contributed by atoms with van der Waals surface area (Å²) in [5.41, 5.74) is 7.61. The molecule has 1 aromatic carbocycles. The molecule has 0 saturated carbocycles. The molecule has 0 aromatic heterocycles. The molecule has 0 amide bonds. The van der Waals surface area contributed by atoms with Crippen LogP contribution in [0.25, 0.3) is 0 Å². The van der Waals surface area contributed by atoms with E-state index in [0.717, 1.165) is 0 Å². The number of carbonyl (C=O) groups excluding carboxylic acids is 1. The number of rotatable bonds is 6. The Bertz CT molecular complexity index is 407. The number of methoxy groups -OCH3 is 1. The summed E-state index contributed by atoms with van der Waals surface area (Å²) < 4.78 is 10.1. The normalized spacial score (nSPS) is 11.9. The highest BCUT2D eigenvalue weighted by Crippen LogP contribution is 2.20. The predicted octanol–water partition coefficient (Wildman–Crippen LogP) is 1.89. The van der Waals surface area contributed by atoms with Crippen LogP contribution in [0, 0.1) is 0 Å². The molecule has 5 nitrogen and oxygen atoms in total. The molecule has 18 heavy (non-hydrogen) atoms. The fraction of sp³-hybridized carbons (Fsp3) is 0.462. The van der Waals surface area contributed by atoms with Gasteiger partial charge >= 0.3 is 5.97 Å². The largest absolute Gasteiger partial charge is 0.465 e. The Morgan fingerprint density at radius 3 is 2.83 bits per heavy atom.